The Labute approximate surface area is 111 Å². The van der Waals surface area contributed by atoms with Gasteiger partial charge in [-0.3, -0.25) is 9.59 Å². The molecule has 1 aromatic heterocycles. The van der Waals surface area contributed by atoms with Gasteiger partial charge >= 0.3 is 0 Å². The molecule has 0 atom stereocenters. The molecule has 1 heterocycles. The lowest BCUT2D eigenvalue weighted by Crippen LogP contribution is -2.30. The van der Waals surface area contributed by atoms with E-state index in [1.54, 1.807) is 6.07 Å². The van der Waals surface area contributed by atoms with Gasteiger partial charge in [-0.15, -0.1) is 0 Å². The van der Waals surface area contributed by atoms with E-state index >= 15 is 0 Å². The molecule has 2 rings (SSSR count). The first-order valence-corrected chi connectivity index (χ1v) is 6.32. The van der Waals surface area contributed by atoms with Crippen LogP contribution in [0.4, 0.5) is 0 Å². The molecule has 0 saturated heterocycles. The Morgan fingerprint density at radius 1 is 1.21 bits per heavy atom. The second-order valence-electron chi connectivity index (χ2n) is 4.24. The topological polar surface area (TPSA) is 74.0 Å². The summed E-state index contributed by atoms with van der Waals surface area (Å²) in [6, 6.07) is 7.38. The molecule has 0 saturated carbocycles. The molecule has 1 aromatic carbocycles. The van der Waals surface area contributed by atoms with Gasteiger partial charge in [0.2, 0.25) is 5.91 Å². The highest BCUT2D eigenvalue weighted by molar-refractivity contribution is 5.98. The number of rotatable bonds is 5. The van der Waals surface area contributed by atoms with Crippen LogP contribution in [-0.4, -0.2) is 29.9 Å². The van der Waals surface area contributed by atoms with Crippen molar-refractivity contribution in [2.45, 2.75) is 13.3 Å². The van der Waals surface area contributed by atoms with E-state index in [-0.39, 0.29) is 11.8 Å². The van der Waals surface area contributed by atoms with E-state index in [1.807, 2.05) is 31.3 Å². The van der Waals surface area contributed by atoms with Crippen LogP contribution in [0.25, 0.3) is 10.9 Å². The standard InChI is InChI=1S/C14H17N3O2/c1-2-15-13(18)6-8-17-14(19)11-3-4-12-10(9-11)5-7-16-12/h3-5,7,9,16H,2,6,8H2,1H3,(H,15,18)(H,17,19). The van der Waals surface area contributed by atoms with Gasteiger partial charge in [0, 0.05) is 42.2 Å². The molecule has 19 heavy (non-hydrogen) atoms. The Bertz CT molecular complexity index is 589. The fourth-order valence-corrected chi connectivity index (χ4v) is 1.87. The molecule has 5 heteroatoms. The number of aromatic nitrogens is 1. The summed E-state index contributed by atoms with van der Waals surface area (Å²) >= 11 is 0. The predicted molar refractivity (Wildman–Crippen MR) is 73.9 cm³/mol. The average Bonchev–Trinajstić information content (AvgIpc) is 2.86. The van der Waals surface area contributed by atoms with Crippen molar-refractivity contribution in [2.24, 2.45) is 0 Å². The van der Waals surface area contributed by atoms with Gasteiger partial charge in [0.15, 0.2) is 0 Å². The van der Waals surface area contributed by atoms with Crippen molar-refractivity contribution in [1.82, 2.24) is 15.6 Å². The van der Waals surface area contributed by atoms with Crippen molar-refractivity contribution in [3.05, 3.63) is 36.0 Å². The summed E-state index contributed by atoms with van der Waals surface area (Å²) in [6.07, 6.45) is 2.13. The van der Waals surface area contributed by atoms with E-state index in [0.717, 1.165) is 10.9 Å². The summed E-state index contributed by atoms with van der Waals surface area (Å²) in [7, 11) is 0. The lowest BCUT2D eigenvalue weighted by atomic mass is 10.1. The first kappa shape index (κ1) is 13.1. The van der Waals surface area contributed by atoms with Crippen molar-refractivity contribution < 1.29 is 9.59 Å². The van der Waals surface area contributed by atoms with E-state index < -0.39 is 0 Å². The number of fused-ring (bicyclic) bond motifs is 1. The summed E-state index contributed by atoms with van der Waals surface area (Å²) in [5.74, 6) is -0.212. The highest BCUT2D eigenvalue weighted by atomic mass is 16.2. The van der Waals surface area contributed by atoms with Gasteiger partial charge in [-0.1, -0.05) is 0 Å². The van der Waals surface area contributed by atoms with Gasteiger partial charge in [0.05, 0.1) is 0 Å². The fraction of sp³-hybridized carbons (Fsp3) is 0.286. The summed E-state index contributed by atoms with van der Waals surface area (Å²) < 4.78 is 0. The number of aromatic amines is 1. The van der Waals surface area contributed by atoms with Gasteiger partial charge < -0.3 is 15.6 Å². The Morgan fingerprint density at radius 2 is 2.05 bits per heavy atom. The van der Waals surface area contributed by atoms with Crippen molar-refractivity contribution in [1.29, 1.82) is 0 Å². The zero-order valence-electron chi connectivity index (χ0n) is 10.8. The van der Waals surface area contributed by atoms with Gasteiger partial charge in [-0.2, -0.15) is 0 Å². The molecular formula is C14H17N3O2. The monoisotopic (exact) mass is 259 g/mol. The van der Waals surface area contributed by atoms with Gasteiger partial charge in [-0.05, 0) is 31.2 Å². The second-order valence-corrected chi connectivity index (χ2v) is 4.24. The smallest absolute Gasteiger partial charge is 0.251 e. The van der Waals surface area contributed by atoms with Crippen LogP contribution >= 0.6 is 0 Å². The summed E-state index contributed by atoms with van der Waals surface area (Å²) in [4.78, 5) is 26.2. The molecule has 0 aliphatic heterocycles. The summed E-state index contributed by atoms with van der Waals surface area (Å²) in [5, 5.41) is 6.42. The molecular weight excluding hydrogens is 242 g/mol. The van der Waals surface area contributed by atoms with Gasteiger partial charge in [0.25, 0.3) is 5.91 Å². The molecule has 0 radical (unpaired) electrons. The van der Waals surface area contributed by atoms with E-state index in [0.29, 0.717) is 25.1 Å². The van der Waals surface area contributed by atoms with Gasteiger partial charge in [0.1, 0.15) is 0 Å². The number of amides is 2. The molecule has 3 N–H and O–H groups in total. The van der Waals surface area contributed by atoms with E-state index in [4.69, 9.17) is 0 Å². The summed E-state index contributed by atoms with van der Waals surface area (Å²) in [5.41, 5.74) is 1.60. The van der Waals surface area contributed by atoms with Crippen LogP contribution in [0.15, 0.2) is 30.5 Å². The van der Waals surface area contributed by atoms with Crippen LogP contribution in [0.1, 0.15) is 23.7 Å². The highest BCUT2D eigenvalue weighted by Crippen LogP contribution is 2.14. The Balaban J connectivity index is 1.90. The zero-order valence-corrected chi connectivity index (χ0v) is 10.8. The van der Waals surface area contributed by atoms with Crippen LogP contribution in [0, 0.1) is 0 Å². The Hall–Kier alpha value is -2.30. The SMILES string of the molecule is CCNC(=O)CCNC(=O)c1ccc2[nH]ccc2c1. The Morgan fingerprint density at radius 3 is 2.84 bits per heavy atom. The fourth-order valence-electron chi connectivity index (χ4n) is 1.87. The molecule has 0 spiro atoms. The first-order valence-electron chi connectivity index (χ1n) is 6.32. The third kappa shape index (κ3) is 3.34. The number of hydrogen-bond acceptors (Lipinski definition) is 2. The molecule has 100 valence electrons. The number of benzene rings is 1. The molecule has 0 aliphatic carbocycles. The minimum atomic E-state index is -0.160. The normalized spacial score (nSPS) is 10.4. The van der Waals surface area contributed by atoms with Crippen molar-refractivity contribution in [2.75, 3.05) is 13.1 Å². The highest BCUT2D eigenvalue weighted by Gasteiger charge is 2.07. The van der Waals surface area contributed by atoms with Crippen LogP contribution in [0.3, 0.4) is 0 Å². The third-order valence-electron chi connectivity index (χ3n) is 2.83. The molecule has 0 unspecified atom stereocenters. The predicted octanol–water partition coefficient (Wildman–Crippen LogP) is 1.42. The largest absolute Gasteiger partial charge is 0.361 e. The second kappa shape index (κ2) is 6.04. The van der Waals surface area contributed by atoms with Crippen molar-refractivity contribution >= 4 is 22.7 Å². The van der Waals surface area contributed by atoms with E-state index in [2.05, 4.69) is 15.6 Å². The van der Waals surface area contributed by atoms with Crippen LogP contribution in [0.5, 0.6) is 0 Å². The van der Waals surface area contributed by atoms with Crippen LogP contribution in [0.2, 0.25) is 0 Å². The maximum absolute atomic E-state index is 11.9. The van der Waals surface area contributed by atoms with Crippen molar-refractivity contribution in [3.63, 3.8) is 0 Å². The first-order chi connectivity index (χ1) is 9.20. The molecule has 0 bridgehead atoms. The molecule has 5 nitrogen and oxygen atoms in total. The minimum absolute atomic E-state index is 0.0520. The summed E-state index contributed by atoms with van der Waals surface area (Å²) in [6.45, 7) is 2.81. The molecule has 2 amide bonds. The Kier molecular flexibility index (Phi) is 4.18. The molecule has 2 aromatic rings. The number of hydrogen-bond donors (Lipinski definition) is 3. The third-order valence-corrected chi connectivity index (χ3v) is 2.83. The lowest BCUT2D eigenvalue weighted by Gasteiger charge is -2.05. The average molecular weight is 259 g/mol. The minimum Gasteiger partial charge on any atom is -0.361 e. The van der Waals surface area contributed by atoms with Gasteiger partial charge in [-0.25, -0.2) is 0 Å². The number of carbonyl (C=O) groups excluding carboxylic acids is 2. The molecule has 0 fully saturated rings. The van der Waals surface area contributed by atoms with Crippen molar-refractivity contribution in [3.8, 4) is 0 Å². The number of nitrogens with one attached hydrogen (secondary N) is 3. The van der Waals surface area contributed by atoms with Crippen LogP contribution < -0.4 is 10.6 Å². The maximum Gasteiger partial charge on any atom is 0.251 e. The van der Waals surface area contributed by atoms with Crippen LogP contribution in [-0.2, 0) is 4.79 Å². The van der Waals surface area contributed by atoms with E-state index in [1.165, 1.54) is 0 Å². The quantitative estimate of drug-likeness (QED) is 0.759. The molecule has 0 aliphatic rings. The number of carbonyl (C=O) groups is 2. The number of H-pyrrole nitrogens is 1. The van der Waals surface area contributed by atoms with E-state index in [9.17, 15) is 9.59 Å². The zero-order chi connectivity index (χ0) is 13.7. The maximum atomic E-state index is 11.9. The lowest BCUT2D eigenvalue weighted by molar-refractivity contribution is -0.120.